The molecule has 22 heavy (non-hydrogen) atoms. The van der Waals surface area contributed by atoms with Crippen LogP contribution in [0.2, 0.25) is 0 Å². The van der Waals surface area contributed by atoms with Crippen molar-refractivity contribution in [2.75, 3.05) is 5.75 Å². The average molecular weight is 319 g/mol. The number of amides is 1. The lowest BCUT2D eigenvalue weighted by Crippen LogP contribution is -2.22. The first-order valence-electron chi connectivity index (χ1n) is 6.83. The molecule has 0 radical (unpaired) electrons. The van der Waals surface area contributed by atoms with Gasteiger partial charge in [0, 0.05) is 17.1 Å². The maximum Gasteiger partial charge on any atom is 0.339 e. The van der Waals surface area contributed by atoms with Gasteiger partial charge in [-0.1, -0.05) is 18.2 Å². The van der Waals surface area contributed by atoms with Gasteiger partial charge < -0.3 is 14.8 Å². The molecule has 2 N–H and O–H groups in total. The molecule has 0 spiro atoms. The van der Waals surface area contributed by atoms with E-state index < -0.39 is 5.97 Å². The van der Waals surface area contributed by atoms with Crippen LogP contribution in [0.5, 0.6) is 0 Å². The number of benzene rings is 1. The van der Waals surface area contributed by atoms with Gasteiger partial charge in [0.2, 0.25) is 5.91 Å². The SMILES string of the molecule is Cc1oc(CNC(=O)CCSc2ccccc2)cc1C(=O)O. The minimum atomic E-state index is -1.03. The molecule has 1 aromatic carbocycles. The normalized spacial score (nSPS) is 10.4. The van der Waals surface area contributed by atoms with E-state index in [1.54, 1.807) is 18.7 Å². The van der Waals surface area contributed by atoms with Gasteiger partial charge in [-0.3, -0.25) is 4.79 Å². The summed E-state index contributed by atoms with van der Waals surface area (Å²) in [5.74, 6) is 0.357. The quantitative estimate of drug-likeness (QED) is 0.767. The van der Waals surface area contributed by atoms with Crippen molar-refractivity contribution in [1.29, 1.82) is 0 Å². The molecule has 1 aromatic heterocycles. The zero-order valence-corrected chi connectivity index (χ0v) is 13.0. The minimum absolute atomic E-state index is 0.0886. The van der Waals surface area contributed by atoms with E-state index in [2.05, 4.69) is 5.32 Å². The fourth-order valence-electron chi connectivity index (χ4n) is 1.90. The Bertz CT molecular complexity index is 651. The second kappa shape index (κ2) is 7.70. The maximum absolute atomic E-state index is 11.7. The Labute approximate surface area is 132 Å². The molecular formula is C16H17NO4S. The van der Waals surface area contributed by atoms with Crippen molar-refractivity contribution < 1.29 is 19.1 Å². The van der Waals surface area contributed by atoms with Gasteiger partial charge in [-0.15, -0.1) is 11.8 Å². The highest BCUT2D eigenvalue weighted by Crippen LogP contribution is 2.18. The second-order valence-electron chi connectivity index (χ2n) is 4.68. The Hall–Kier alpha value is -2.21. The monoisotopic (exact) mass is 319 g/mol. The molecular weight excluding hydrogens is 302 g/mol. The Kier molecular flexibility index (Phi) is 5.66. The number of nitrogens with one attached hydrogen (secondary N) is 1. The molecule has 0 unspecified atom stereocenters. The molecule has 6 heteroatoms. The van der Waals surface area contributed by atoms with Crippen molar-refractivity contribution >= 4 is 23.6 Å². The minimum Gasteiger partial charge on any atom is -0.478 e. The maximum atomic E-state index is 11.7. The molecule has 0 atom stereocenters. The summed E-state index contributed by atoms with van der Waals surface area (Å²) in [7, 11) is 0. The molecule has 0 bridgehead atoms. The van der Waals surface area contributed by atoms with Gasteiger partial charge in [0.25, 0.3) is 0 Å². The van der Waals surface area contributed by atoms with E-state index in [0.29, 0.717) is 23.7 Å². The number of carboxylic acid groups (broad SMARTS) is 1. The van der Waals surface area contributed by atoms with Crippen LogP contribution in [0.4, 0.5) is 0 Å². The van der Waals surface area contributed by atoms with Crippen LogP contribution in [-0.2, 0) is 11.3 Å². The molecule has 2 rings (SSSR count). The van der Waals surface area contributed by atoms with E-state index in [4.69, 9.17) is 9.52 Å². The van der Waals surface area contributed by atoms with E-state index in [-0.39, 0.29) is 18.0 Å². The lowest BCUT2D eigenvalue weighted by Gasteiger charge is -2.03. The van der Waals surface area contributed by atoms with Crippen molar-refractivity contribution in [2.24, 2.45) is 0 Å². The molecule has 0 aliphatic rings. The lowest BCUT2D eigenvalue weighted by atomic mass is 10.2. The first kappa shape index (κ1) is 16.2. The van der Waals surface area contributed by atoms with Crippen molar-refractivity contribution in [2.45, 2.75) is 24.8 Å². The molecule has 116 valence electrons. The Morgan fingerprint density at radius 2 is 2.00 bits per heavy atom. The molecule has 0 aliphatic heterocycles. The second-order valence-corrected chi connectivity index (χ2v) is 5.84. The number of carbonyl (C=O) groups is 2. The van der Waals surface area contributed by atoms with Gasteiger partial charge in [-0.2, -0.15) is 0 Å². The van der Waals surface area contributed by atoms with Crippen molar-refractivity contribution in [3.8, 4) is 0 Å². The molecule has 2 aromatic rings. The van der Waals surface area contributed by atoms with Crippen LogP contribution in [0, 0.1) is 6.92 Å². The Balaban J connectivity index is 1.73. The summed E-state index contributed by atoms with van der Waals surface area (Å²) in [6.45, 7) is 1.79. The predicted octanol–water partition coefficient (Wildman–Crippen LogP) is 3.08. The predicted molar refractivity (Wildman–Crippen MR) is 84.0 cm³/mol. The van der Waals surface area contributed by atoms with Gasteiger partial charge in [0.1, 0.15) is 17.1 Å². The fraction of sp³-hybridized carbons (Fsp3) is 0.250. The molecule has 0 saturated carbocycles. The van der Waals surface area contributed by atoms with Crippen LogP contribution >= 0.6 is 11.8 Å². The van der Waals surface area contributed by atoms with Crippen molar-refractivity contribution in [1.82, 2.24) is 5.32 Å². The van der Waals surface area contributed by atoms with Crippen LogP contribution < -0.4 is 5.32 Å². The summed E-state index contributed by atoms with van der Waals surface area (Å²) in [4.78, 5) is 23.8. The average Bonchev–Trinajstić information content (AvgIpc) is 2.87. The third-order valence-electron chi connectivity index (χ3n) is 3.00. The van der Waals surface area contributed by atoms with Gasteiger partial charge in [0.15, 0.2) is 0 Å². The summed E-state index contributed by atoms with van der Waals surface area (Å²) in [5, 5.41) is 11.7. The van der Waals surface area contributed by atoms with Gasteiger partial charge >= 0.3 is 5.97 Å². The number of furan rings is 1. The first-order valence-corrected chi connectivity index (χ1v) is 7.82. The number of hydrogen-bond acceptors (Lipinski definition) is 4. The Morgan fingerprint density at radius 1 is 1.27 bits per heavy atom. The molecule has 0 saturated heterocycles. The summed E-state index contributed by atoms with van der Waals surface area (Å²) in [5.41, 5.74) is 0.129. The number of aromatic carboxylic acids is 1. The van der Waals surface area contributed by atoms with Crippen molar-refractivity contribution in [3.63, 3.8) is 0 Å². The number of rotatable bonds is 7. The zero-order chi connectivity index (χ0) is 15.9. The number of carboxylic acids is 1. The number of aryl methyl sites for hydroxylation is 1. The Morgan fingerprint density at radius 3 is 2.64 bits per heavy atom. The van der Waals surface area contributed by atoms with Crippen LogP contribution in [0.1, 0.15) is 28.3 Å². The summed E-state index contributed by atoms with van der Waals surface area (Å²) >= 11 is 1.62. The molecule has 1 amide bonds. The summed E-state index contributed by atoms with van der Waals surface area (Å²) in [6, 6.07) is 11.3. The third kappa shape index (κ3) is 4.66. The number of carbonyl (C=O) groups excluding carboxylic acids is 1. The number of thioether (sulfide) groups is 1. The smallest absolute Gasteiger partial charge is 0.339 e. The molecule has 0 aliphatic carbocycles. The highest BCUT2D eigenvalue weighted by molar-refractivity contribution is 7.99. The van der Waals surface area contributed by atoms with Crippen LogP contribution in [-0.4, -0.2) is 22.7 Å². The van der Waals surface area contributed by atoms with E-state index in [9.17, 15) is 9.59 Å². The largest absolute Gasteiger partial charge is 0.478 e. The topological polar surface area (TPSA) is 79.5 Å². The standard InChI is InChI=1S/C16H17NO4S/c1-11-14(16(19)20)9-12(21-11)10-17-15(18)7-8-22-13-5-3-2-4-6-13/h2-6,9H,7-8,10H2,1H3,(H,17,18)(H,19,20). The van der Waals surface area contributed by atoms with E-state index >= 15 is 0 Å². The van der Waals surface area contributed by atoms with E-state index in [1.165, 1.54) is 6.07 Å². The van der Waals surface area contributed by atoms with E-state index in [1.807, 2.05) is 30.3 Å². The van der Waals surface area contributed by atoms with Gasteiger partial charge in [0.05, 0.1) is 6.54 Å². The highest BCUT2D eigenvalue weighted by atomic mass is 32.2. The van der Waals surface area contributed by atoms with Gasteiger partial charge in [-0.05, 0) is 25.1 Å². The molecule has 1 heterocycles. The van der Waals surface area contributed by atoms with Crippen LogP contribution in [0.15, 0.2) is 45.7 Å². The summed E-state index contributed by atoms with van der Waals surface area (Å²) < 4.78 is 5.30. The zero-order valence-electron chi connectivity index (χ0n) is 12.2. The number of hydrogen-bond donors (Lipinski definition) is 2. The summed E-state index contributed by atoms with van der Waals surface area (Å²) in [6.07, 6.45) is 0.394. The fourth-order valence-corrected chi connectivity index (χ4v) is 2.77. The highest BCUT2D eigenvalue weighted by Gasteiger charge is 2.14. The van der Waals surface area contributed by atoms with E-state index in [0.717, 1.165) is 4.90 Å². The molecule has 5 nitrogen and oxygen atoms in total. The first-order chi connectivity index (χ1) is 10.6. The molecule has 0 fully saturated rings. The van der Waals surface area contributed by atoms with Gasteiger partial charge in [-0.25, -0.2) is 4.79 Å². The van der Waals surface area contributed by atoms with Crippen molar-refractivity contribution in [3.05, 3.63) is 53.5 Å². The van der Waals surface area contributed by atoms with Crippen LogP contribution in [0.25, 0.3) is 0 Å². The lowest BCUT2D eigenvalue weighted by molar-refractivity contribution is -0.120. The third-order valence-corrected chi connectivity index (χ3v) is 4.01. The van der Waals surface area contributed by atoms with Crippen LogP contribution in [0.3, 0.4) is 0 Å².